The summed E-state index contributed by atoms with van der Waals surface area (Å²) in [6.07, 6.45) is 0. The Labute approximate surface area is 435 Å². The van der Waals surface area contributed by atoms with Crippen molar-refractivity contribution in [1.29, 1.82) is 0 Å². The lowest BCUT2D eigenvalue weighted by atomic mass is 10.2. The van der Waals surface area contributed by atoms with Gasteiger partial charge in [0.15, 0.2) is 0 Å². The predicted octanol–water partition coefficient (Wildman–Crippen LogP) is 8.35. The van der Waals surface area contributed by atoms with Crippen LogP contribution in [0.2, 0.25) is 0 Å². The summed E-state index contributed by atoms with van der Waals surface area (Å²) in [4.78, 5) is 0. The van der Waals surface area contributed by atoms with Crippen LogP contribution in [-0.4, -0.2) is 44.5 Å². The molecule has 0 unspecified atom stereocenters. The molecule has 9 aromatic rings. The van der Waals surface area contributed by atoms with E-state index in [0.717, 1.165) is 52.2 Å². The number of benzene rings is 9. The molecule has 0 bridgehead atoms. The van der Waals surface area contributed by atoms with Gasteiger partial charge in [0.05, 0.1) is 0 Å². The second-order valence-corrected chi connectivity index (χ2v) is 32.3. The zero-order valence-electron chi connectivity index (χ0n) is 42.9. The lowest BCUT2D eigenvalue weighted by Crippen LogP contribution is -2.73. The van der Waals surface area contributed by atoms with Crippen molar-refractivity contribution in [3.05, 3.63) is 268 Å². The van der Waals surface area contributed by atoms with Crippen LogP contribution in [0.1, 0.15) is 50.1 Å². The standard InChI is InChI=1S/C63H63O4Si5/c1-46-10-28-55(29-11-46)68(64-69(56-30-12-47(2)13-31-56)66-71(58-34-16-49(4)17-35-58,59-36-18-50(5)19-37-59)60-38-20-51(6)21-39-60)65-70(57-32-14-48(3)15-33-57)67-72(61-40-22-52(7)23-41-61,62-42-24-53(8)25-43-62)63-44-26-54(9)27-45-63/h10-45H,1-9H3. The van der Waals surface area contributed by atoms with Crippen LogP contribution in [0.4, 0.5) is 0 Å². The predicted molar refractivity (Wildman–Crippen MR) is 310 cm³/mol. The van der Waals surface area contributed by atoms with Gasteiger partial charge in [-0.05, 0) is 109 Å². The third-order valence-electron chi connectivity index (χ3n) is 13.5. The van der Waals surface area contributed by atoms with E-state index in [9.17, 15) is 0 Å². The Morgan fingerprint density at radius 1 is 0.208 bits per heavy atom. The lowest BCUT2D eigenvalue weighted by molar-refractivity contribution is 0.366. The molecule has 9 rings (SSSR count). The van der Waals surface area contributed by atoms with Crippen molar-refractivity contribution in [3.63, 3.8) is 0 Å². The van der Waals surface area contributed by atoms with Crippen molar-refractivity contribution in [1.82, 2.24) is 0 Å². The van der Waals surface area contributed by atoms with Crippen LogP contribution < -0.4 is 46.7 Å². The van der Waals surface area contributed by atoms with Gasteiger partial charge in [-0.2, -0.15) is 0 Å². The van der Waals surface area contributed by atoms with Crippen molar-refractivity contribution < 1.29 is 16.5 Å². The highest BCUT2D eigenvalue weighted by Gasteiger charge is 2.49. The first-order chi connectivity index (χ1) is 34.8. The van der Waals surface area contributed by atoms with E-state index >= 15 is 0 Å². The van der Waals surface area contributed by atoms with Crippen LogP contribution in [0, 0.1) is 62.3 Å². The summed E-state index contributed by atoms with van der Waals surface area (Å²) in [5, 5.41) is 9.94. The lowest BCUT2D eigenvalue weighted by Gasteiger charge is -2.38. The monoisotopic (exact) mass is 1020 g/mol. The molecule has 0 aliphatic heterocycles. The number of hydrogen-bond donors (Lipinski definition) is 0. The van der Waals surface area contributed by atoms with Gasteiger partial charge in [-0.15, -0.1) is 0 Å². The van der Waals surface area contributed by atoms with Gasteiger partial charge >= 0.3 is 27.9 Å². The maximum Gasteiger partial charge on any atom is 0.405 e. The van der Waals surface area contributed by atoms with Gasteiger partial charge in [0.25, 0.3) is 16.6 Å². The number of rotatable bonds is 17. The van der Waals surface area contributed by atoms with E-state index in [2.05, 4.69) is 281 Å². The summed E-state index contributed by atoms with van der Waals surface area (Å²) >= 11 is 0. The SMILES string of the molecule is Cc1ccc([Si](O[Si](O[Si](c2ccc(C)cc2)(c2ccc(C)cc2)c2ccc(C)cc2)c2ccc(C)cc2)O[Si](O[Si](c2ccc(C)cc2)(c2ccc(C)cc2)c2ccc(C)cc2)c2ccc(C)cc2)cc1. The fourth-order valence-corrected chi connectivity index (χ4v) is 27.0. The molecule has 0 fully saturated rings. The maximum absolute atomic E-state index is 8.21. The number of hydrogen-bond acceptors (Lipinski definition) is 4. The molecule has 0 saturated carbocycles. The summed E-state index contributed by atoms with van der Waals surface area (Å²) < 4.78 is 32.2. The average Bonchev–Trinajstić information content (AvgIpc) is 3.39. The normalized spacial score (nSPS) is 12.0. The molecule has 0 aliphatic carbocycles. The van der Waals surface area contributed by atoms with Crippen LogP contribution in [0.15, 0.2) is 218 Å². The van der Waals surface area contributed by atoms with Crippen LogP contribution in [-0.2, 0) is 16.5 Å². The first-order valence-electron chi connectivity index (χ1n) is 24.8. The third kappa shape index (κ3) is 11.3. The Morgan fingerprint density at radius 2 is 0.361 bits per heavy atom. The highest BCUT2D eigenvalue weighted by molar-refractivity contribution is 7.11. The van der Waals surface area contributed by atoms with E-state index in [4.69, 9.17) is 16.5 Å². The van der Waals surface area contributed by atoms with Crippen molar-refractivity contribution in [3.8, 4) is 0 Å². The second-order valence-electron chi connectivity index (χ2n) is 19.4. The van der Waals surface area contributed by atoms with Crippen molar-refractivity contribution >= 4 is 91.2 Å². The summed E-state index contributed by atoms with van der Waals surface area (Å²) in [5.74, 6) is 0. The van der Waals surface area contributed by atoms with Gasteiger partial charge < -0.3 is 16.5 Å². The van der Waals surface area contributed by atoms with Gasteiger partial charge in [-0.25, -0.2) is 0 Å². The Morgan fingerprint density at radius 3 is 0.542 bits per heavy atom. The largest absolute Gasteiger partial charge is 0.421 e. The molecule has 9 aromatic carbocycles. The Kier molecular flexibility index (Phi) is 15.8. The highest BCUT2D eigenvalue weighted by Crippen LogP contribution is 2.19. The first kappa shape index (κ1) is 50.8. The van der Waals surface area contributed by atoms with Gasteiger partial charge in [-0.1, -0.05) is 268 Å². The molecule has 0 saturated heterocycles. The smallest absolute Gasteiger partial charge is 0.405 e. The summed E-state index contributed by atoms with van der Waals surface area (Å²) in [7, 11) is -14.0. The molecule has 0 aromatic heterocycles. The molecule has 72 heavy (non-hydrogen) atoms. The number of aryl methyl sites for hydroxylation is 9. The zero-order chi connectivity index (χ0) is 50.4. The van der Waals surface area contributed by atoms with E-state index in [1.807, 2.05) is 0 Å². The van der Waals surface area contributed by atoms with Crippen molar-refractivity contribution in [2.75, 3.05) is 0 Å². The summed E-state index contributed by atoms with van der Waals surface area (Å²) in [6.45, 7) is 19.3. The van der Waals surface area contributed by atoms with Crippen LogP contribution in [0.5, 0.6) is 0 Å². The first-order valence-corrected chi connectivity index (χ1v) is 32.5. The minimum Gasteiger partial charge on any atom is -0.421 e. The average molecular weight is 1020 g/mol. The minimum atomic E-state index is -3.36. The molecule has 9 heteroatoms. The molecule has 0 N–H and O–H groups in total. The molecule has 3 radical (unpaired) electrons. The second kappa shape index (κ2) is 22.3. The quantitative estimate of drug-likeness (QED) is 0.0680. The molecule has 359 valence electrons. The molecule has 0 heterocycles. The van der Waals surface area contributed by atoms with E-state index < -0.39 is 44.5 Å². The maximum atomic E-state index is 8.21. The van der Waals surface area contributed by atoms with E-state index in [-0.39, 0.29) is 0 Å². The zero-order valence-corrected chi connectivity index (χ0v) is 47.9. The van der Waals surface area contributed by atoms with Gasteiger partial charge in [0, 0.05) is 0 Å². The van der Waals surface area contributed by atoms with Crippen LogP contribution in [0.25, 0.3) is 0 Å². The van der Waals surface area contributed by atoms with Gasteiger partial charge in [-0.3, -0.25) is 0 Å². The van der Waals surface area contributed by atoms with E-state index in [0.29, 0.717) is 0 Å². The summed E-state index contributed by atoms with van der Waals surface area (Å²) in [5.41, 5.74) is 10.7. The van der Waals surface area contributed by atoms with Crippen LogP contribution >= 0.6 is 0 Å². The molecule has 4 nitrogen and oxygen atoms in total. The molecule has 0 spiro atoms. The molecular formula is C63H63O4Si5. The third-order valence-corrected chi connectivity index (χ3v) is 29.7. The van der Waals surface area contributed by atoms with E-state index in [1.54, 1.807) is 0 Å². The highest BCUT2D eigenvalue weighted by atomic mass is 28.5. The Hall–Kier alpha value is -6.10. The molecule has 0 amide bonds. The van der Waals surface area contributed by atoms with Gasteiger partial charge in [0.2, 0.25) is 0 Å². The van der Waals surface area contributed by atoms with Crippen molar-refractivity contribution in [2.24, 2.45) is 0 Å². The molecule has 0 aliphatic rings. The van der Waals surface area contributed by atoms with Crippen molar-refractivity contribution in [2.45, 2.75) is 62.3 Å². The summed E-state index contributed by atoms with van der Waals surface area (Å²) in [6, 6.07) is 80.0. The van der Waals surface area contributed by atoms with Crippen LogP contribution in [0.3, 0.4) is 0 Å². The molecule has 0 atom stereocenters. The van der Waals surface area contributed by atoms with E-state index in [1.165, 1.54) is 44.5 Å². The topological polar surface area (TPSA) is 36.9 Å². The fourth-order valence-electron chi connectivity index (χ4n) is 9.01. The minimum absolute atomic E-state index is 0.989. The Balaban J connectivity index is 1.26. The van der Waals surface area contributed by atoms with Gasteiger partial charge in [0.1, 0.15) is 0 Å². The Bertz CT molecular complexity index is 2760. The fraction of sp³-hybridized carbons (Fsp3) is 0.143. The molecular weight excluding hydrogens is 961 g/mol.